The molecule has 0 atom stereocenters. The first-order valence-electron chi connectivity index (χ1n) is 4.16. The Labute approximate surface area is 82.6 Å². The van der Waals surface area contributed by atoms with E-state index in [1.807, 2.05) is 6.07 Å². The second-order valence-electron chi connectivity index (χ2n) is 2.75. The van der Waals surface area contributed by atoms with Gasteiger partial charge < -0.3 is 15.2 Å². The number of methoxy groups -OCH3 is 2. The van der Waals surface area contributed by atoms with E-state index in [0.29, 0.717) is 30.4 Å². The van der Waals surface area contributed by atoms with Crippen LogP contribution in [0.1, 0.15) is 5.69 Å². The van der Waals surface area contributed by atoms with Crippen LogP contribution in [-0.4, -0.2) is 25.4 Å². The molecule has 1 aromatic heterocycles. The fraction of sp³-hybridized carbons (Fsp3) is 0.444. The third kappa shape index (κ3) is 1.80. The summed E-state index contributed by atoms with van der Waals surface area (Å²) in [5, 5.41) is 8.83. The number of hydrogen-bond acceptors (Lipinski definition) is 4. The first-order chi connectivity index (χ1) is 6.74. The minimum absolute atomic E-state index is 0.472. The van der Waals surface area contributed by atoms with Crippen molar-refractivity contribution in [3.05, 3.63) is 11.8 Å². The molecule has 1 aromatic rings. The van der Waals surface area contributed by atoms with E-state index in [0.717, 1.165) is 0 Å². The standard InChI is InChI=1S/C9H13N3O2/c1-13-4-3-12-7(6-10)5-8(11)9(12)14-2/h5H,3-4,11H2,1-2H3. The Morgan fingerprint density at radius 2 is 2.29 bits per heavy atom. The maximum absolute atomic E-state index is 8.83. The largest absolute Gasteiger partial charge is 0.481 e. The maximum atomic E-state index is 8.83. The van der Waals surface area contributed by atoms with Gasteiger partial charge in [-0.25, -0.2) is 0 Å². The van der Waals surface area contributed by atoms with E-state index in [1.54, 1.807) is 17.7 Å². The third-order valence-electron chi connectivity index (χ3n) is 1.90. The van der Waals surface area contributed by atoms with Gasteiger partial charge in [0.15, 0.2) is 0 Å². The van der Waals surface area contributed by atoms with Crippen LogP contribution >= 0.6 is 0 Å². The Hall–Kier alpha value is -1.67. The second-order valence-corrected chi connectivity index (χ2v) is 2.75. The van der Waals surface area contributed by atoms with Crippen molar-refractivity contribution >= 4 is 5.69 Å². The molecule has 0 bridgehead atoms. The summed E-state index contributed by atoms with van der Waals surface area (Å²) >= 11 is 0. The number of rotatable bonds is 4. The number of hydrogen-bond donors (Lipinski definition) is 1. The third-order valence-corrected chi connectivity index (χ3v) is 1.90. The van der Waals surface area contributed by atoms with Gasteiger partial charge in [-0.15, -0.1) is 0 Å². The fourth-order valence-electron chi connectivity index (χ4n) is 1.28. The van der Waals surface area contributed by atoms with Gasteiger partial charge in [-0.1, -0.05) is 0 Å². The van der Waals surface area contributed by atoms with Gasteiger partial charge in [-0.2, -0.15) is 5.26 Å². The van der Waals surface area contributed by atoms with E-state index < -0.39 is 0 Å². The number of anilines is 1. The van der Waals surface area contributed by atoms with Crippen LogP contribution in [0.25, 0.3) is 0 Å². The van der Waals surface area contributed by atoms with E-state index in [9.17, 15) is 0 Å². The molecule has 5 nitrogen and oxygen atoms in total. The van der Waals surface area contributed by atoms with Crippen molar-refractivity contribution in [1.82, 2.24) is 4.57 Å². The molecule has 0 aliphatic carbocycles. The minimum Gasteiger partial charge on any atom is -0.481 e. The molecule has 0 aromatic carbocycles. The highest BCUT2D eigenvalue weighted by molar-refractivity contribution is 5.55. The molecule has 0 aliphatic heterocycles. The SMILES string of the molecule is COCCn1c(C#N)cc(N)c1OC. The molecule has 1 heterocycles. The molecule has 0 saturated carbocycles. The molecule has 76 valence electrons. The predicted molar refractivity (Wildman–Crippen MR) is 52.0 cm³/mol. The predicted octanol–water partition coefficient (Wildman–Crippen LogP) is 0.597. The van der Waals surface area contributed by atoms with Gasteiger partial charge in [0.25, 0.3) is 0 Å². The van der Waals surface area contributed by atoms with E-state index in [2.05, 4.69) is 0 Å². The van der Waals surface area contributed by atoms with Gasteiger partial charge in [-0.3, -0.25) is 4.57 Å². The van der Waals surface area contributed by atoms with Crippen molar-refractivity contribution in [3.8, 4) is 11.9 Å². The molecule has 0 unspecified atom stereocenters. The molecular formula is C9H13N3O2. The lowest BCUT2D eigenvalue weighted by Gasteiger charge is -2.08. The van der Waals surface area contributed by atoms with Crippen LogP contribution in [0.4, 0.5) is 5.69 Å². The topological polar surface area (TPSA) is 73.2 Å². The van der Waals surface area contributed by atoms with Crippen molar-refractivity contribution in [2.75, 3.05) is 26.6 Å². The number of nitrogens with two attached hydrogens (primary N) is 1. The average Bonchev–Trinajstić information content (AvgIpc) is 2.50. The van der Waals surface area contributed by atoms with Crippen molar-refractivity contribution < 1.29 is 9.47 Å². The monoisotopic (exact) mass is 195 g/mol. The summed E-state index contributed by atoms with van der Waals surface area (Å²) in [6.07, 6.45) is 0. The Morgan fingerprint density at radius 3 is 2.79 bits per heavy atom. The van der Waals surface area contributed by atoms with Crippen LogP contribution in [0, 0.1) is 11.3 Å². The Morgan fingerprint density at radius 1 is 1.57 bits per heavy atom. The smallest absolute Gasteiger partial charge is 0.218 e. The maximum Gasteiger partial charge on any atom is 0.218 e. The summed E-state index contributed by atoms with van der Waals surface area (Å²) in [6, 6.07) is 3.64. The Kier molecular flexibility index (Phi) is 3.37. The van der Waals surface area contributed by atoms with Crippen LogP contribution in [0.2, 0.25) is 0 Å². The zero-order valence-electron chi connectivity index (χ0n) is 8.28. The van der Waals surface area contributed by atoms with E-state index in [4.69, 9.17) is 20.5 Å². The molecular weight excluding hydrogens is 182 g/mol. The summed E-state index contributed by atoms with van der Waals surface area (Å²) in [5.41, 5.74) is 6.62. The summed E-state index contributed by atoms with van der Waals surface area (Å²) in [6.45, 7) is 1.07. The quantitative estimate of drug-likeness (QED) is 0.763. The zero-order valence-corrected chi connectivity index (χ0v) is 8.28. The number of nitrogen functional groups attached to an aromatic ring is 1. The lowest BCUT2D eigenvalue weighted by molar-refractivity contribution is 0.183. The van der Waals surface area contributed by atoms with Crippen LogP contribution < -0.4 is 10.5 Å². The van der Waals surface area contributed by atoms with Gasteiger partial charge >= 0.3 is 0 Å². The molecule has 2 N–H and O–H groups in total. The normalized spacial score (nSPS) is 9.79. The first kappa shape index (κ1) is 10.4. The van der Waals surface area contributed by atoms with Crippen LogP contribution in [0.5, 0.6) is 5.88 Å². The lowest BCUT2D eigenvalue weighted by atomic mass is 10.4. The fourth-order valence-corrected chi connectivity index (χ4v) is 1.28. The molecule has 5 heteroatoms. The lowest BCUT2D eigenvalue weighted by Crippen LogP contribution is -2.08. The van der Waals surface area contributed by atoms with Crippen molar-refractivity contribution in [2.24, 2.45) is 0 Å². The number of nitriles is 1. The van der Waals surface area contributed by atoms with Gasteiger partial charge in [0.1, 0.15) is 11.8 Å². The average molecular weight is 195 g/mol. The molecule has 14 heavy (non-hydrogen) atoms. The van der Waals surface area contributed by atoms with Crippen molar-refractivity contribution in [1.29, 1.82) is 5.26 Å². The van der Waals surface area contributed by atoms with Crippen LogP contribution in [-0.2, 0) is 11.3 Å². The highest BCUT2D eigenvalue weighted by Gasteiger charge is 2.12. The van der Waals surface area contributed by atoms with Gasteiger partial charge in [-0.05, 0) is 0 Å². The highest BCUT2D eigenvalue weighted by atomic mass is 16.5. The molecule has 1 rings (SSSR count). The van der Waals surface area contributed by atoms with Crippen LogP contribution in [0.15, 0.2) is 6.07 Å². The molecule has 0 spiro atoms. The van der Waals surface area contributed by atoms with E-state index >= 15 is 0 Å². The molecule has 0 radical (unpaired) electrons. The summed E-state index contributed by atoms with van der Waals surface area (Å²) in [4.78, 5) is 0. The second kappa shape index (κ2) is 4.53. The summed E-state index contributed by atoms with van der Waals surface area (Å²) in [5.74, 6) is 0.513. The number of aromatic nitrogens is 1. The van der Waals surface area contributed by atoms with Gasteiger partial charge in [0, 0.05) is 13.2 Å². The molecule has 0 saturated heterocycles. The van der Waals surface area contributed by atoms with Crippen LogP contribution in [0.3, 0.4) is 0 Å². The number of ether oxygens (including phenoxy) is 2. The molecule has 0 amide bonds. The highest BCUT2D eigenvalue weighted by Crippen LogP contribution is 2.25. The minimum atomic E-state index is 0.472. The zero-order chi connectivity index (χ0) is 10.6. The van der Waals surface area contributed by atoms with E-state index in [1.165, 1.54) is 7.11 Å². The Balaban J connectivity index is 3.03. The van der Waals surface area contributed by atoms with Crippen molar-refractivity contribution in [3.63, 3.8) is 0 Å². The number of nitrogens with zero attached hydrogens (tertiary/aromatic N) is 2. The van der Waals surface area contributed by atoms with Gasteiger partial charge in [0.05, 0.1) is 25.9 Å². The van der Waals surface area contributed by atoms with E-state index in [-0.39, 0.29) is 0 Å². The first-order valence-corrected chi connectivity index (χ1v) is 4.16. The Bertz CT molecular complexity index is 352. The van der Waals surface area contributed by atoms with Crippen molar-refractivity contribution in [2.45, 2.75) is 6.54 Å². The van der Waals surface area contributed by atoms with Gasteiger partial charge in [0.2, 0.25) is 5.88 Å². The molecule has 0 aliphatic rings. The molecule has 0 fully saturated rings. The summed E-state index contributed by atoms with van der Waals surface area (Å²) < 4.78 is 11.7. The summed E-state index contributed by atoms with van der Waals surface area (Å²) in [7, 11) is 3.13.